The summed E-state index contributed by atoms with van der Waals surface area (Å²) in [6, 6.07) is 17.8. The molecule has 39 heavy (non-hydrogen) atoms. The summed E-state index contributed by atoms with van der Waals surface area (Å²) in [4.78, 5) is 41.4. The summed E-state index contributed by atoms with van der Waals surface area (Å²) in [6.07, 6.45) is 1.62. The van der Waals surface area contributed by atoms with Gasteiger partial charge in [-0.25, -0.2) is 0 Å². The van der Waals surface area contributed by atoms with Crippen molar-refractivity contribution in [1.29, 1.82) is 0 Å². The number of benzene rings is 3. The second-order valence-corrected chi connectivity index (χ2v) is 9.96. The minimum atomic E-state index is -1.16. The Labute approximate surface area is 228 Å². The molecule has 1 saturated heterocycles. The number of anilines is 2. The molecule has 0 spiro atoms. The SMILES string of the molecule is NC(=O)c1nsc(C(=O)N(c2cccc3ccccc23)[C@H](C(=O)NC[C@H]2CCCO2)c2ccc(O)cc2)c1N. The van der Waals surface area contributed by atoms with Gasteiger partial charge in [0.25, 0.3) is 11.8 Å². The molecule has 5 rings (SSSR count). The molecule has 1 aliphatic rings. The number of aromatic hydroxyl groups is 1. The molecule has 0 bridgehead atoms. The summed E-state index contributed by atoms with van der Waals surface area (Å²) < 4.78 is 9.67. The average molecular weight is 546 g/mol. The molecule has 2 heterocycles. The Morgan fingerprint density at radius 1 is 1.10 bits per heavy atom. The topological polar surface area (TPSA) is 161 Å². The highest BCUT2D eigenvalue weighted by Crippen LogP contribution is 2.37. The van der Waals surface area contributed by atoms with Crippen molar-refractivity contribution >= 4 is 51.4 Å². The second kappa shape index (κ2) is 11.1. The van der Waals surface area contributed by atoms with Gasteiger partial charge in [-0.2, -0.15) is 4.37 Å². The summed E-state index contributed by atoms with van der Waals surface area (Å²) in [5.74, 6) is -1.92. The van der Waals surface area contributed by atoms with Gasteiger partial charge in [-0.1, -0.05) is 48.5 Å². The van der Waals surface area contributed by atoms with E-state index in [0.717, 1.165) is 35.1 Å². The van der Waals surface area contributed by atoms with Crippen molar-refractivity contribution in [3.8, 4) is 5.75 Å². The van der Waals surface area contributed by atoms with E-state index in [1.807, 2.05) is 30.3 Å². The van der Waals surface area contributed by atoms with Gasteiger partial charge in [0.2, 0.25) is 5.91 Å². The van der Waals surface area contributed by atoms with E-state index in [2.05, 4.69) is 9.69 Å². The van der Waals surface area contributed by atoms with E-state index in [1.165, 1.54) is 17.0 Å². The number of nitrogens with one attached hydrogen (secondary N) is 1. The Hall–Kier alpha value is -4.48. The normalized spacial score (nSPS) is 15.6. The highest BCUT2D eigenvalue weighted by Gasteiger charge is 2.37. The van der Waals surface area contributed by atoms with Gasteiger partial charge in [-0.05, 0) is 53.5 Å². The van der Waals surface area contributed by atoms with Gasteiger partial charge in [0.1, 0.15) is 16.7 Å². The van der Waals surface area contributed by atoms with Crippen LogP contribution in [0.1, 0.15) is 44.6 Å². The van der Waals surface area contributed by atoms with Crippen LogP contribution in [0.5, 0.6) is 5.75 Å². The first-order chi connectivity index (χ1) is 18.8. The molecule has 10 nitrogen and oxygen atoms in total. The number of nitrogens with zero attached hydrogens (tertiary/aromatic N) is 2. The maximum atomic E-state index is 14.3. The number of aromatic nitrogens is 1. The fourth-order valence-corrected chi connectivity index (χ4v) is 5.46. The van der Waals surface area contributed by atoms with Crippen LogP contribution in [0, 0.1) is 0 Å². The predicted octanol–water partition coefficient (Wildman–Crippen LogP) is 3.37. The second-order valence-electron chi connectivity index (χ2n) is 9.19. The quantitative estimate of drug-likeness (QED) is 0.264. The fraction of sp³-hybridized carbons (Fsp3) is 0.214. The number of amides is 3. The van der Waals surface area contributed by atoms with Crippen molar-refractivity contribution < 1.29 is 24.2 Å². The molecule has 3 amide bonds. The van der Waals surface area contributed by atoms with Crippen LogP contribution in [-0.2, 0) is 9.53 Å². The minimum absolute atomic E-state index is 0.0121. The molecular weight excluding hydrogens is 518 g/mol. The van der Waals surface area contributed by atoms with E-state index in [0.29, 0.717) is 17.9 Å². The van der Waals surface area contributed by atoms with Gasteiger partial charge in [0.15, 0.2) is 5.69 Å². The smallest absolute Gasteiger partial charge is 0.273 e. The van der Waals surface area contributed by atoms with Crippen LogP contribution < -0.4 is 21.7 Å². The number of nitrogen functional groups attached to an aromatic ring is 1. The van der Waals surface area contributed by atoms with Crippen LogP contribution in [0.25, 0.3) is 10.8 Å². The summed E-state index contributed by atoms with van der Waals surface area (Å²) in [5, 5.41) is 14.5. The van der Waals surface area contributed by atoms with Gasteiger partial charge in [-0.15, -0.1) is 0 Å². The zero-order valence-corrected chi connectivity index (χ0v) is 21.7. The van der Waals surface area contributed by atoms with Crippen LogP contribution in [0.2, 0.25) is 0 Å². The molecule has 2 atom stereocenters. The number of phenolic OH excluding ortho intramolecular Hbond substituents is 1. The maximum Gasteiger partial charge on any atom is 0.273 e. The van der Waals surface area contributed by atoms with Crippen molar-refractivity contribution in [3.63, 3.8) is 0 Å². The van der Waals surface area contributed by atoms with Crippen molar-refractivity contribution in [1.82, 2.24) is 9.69 Å². The van der Waals surface area contributed by atoms with Crippen molar-refractivity contribution in [2.45, 2.75) is 25.0 Å². The third-order valence-corrected chi connectivity index (χ3v) is 7.49. The molecule has 1 fully saturated rings. The standard InChI is InChI=1S/C28H27N5O5S/c29-22-23(26(30)35)32-39-25(22)28(37)33(21-9-3-6-16-5-1-2-8-20(16)21)24(17-10-12-18(34)13-11-17)27(36)31-15-19-7-4-14-38-19/h1-3,5-6,8-13,19,24,34H,4,7,14-15,29H2,(H2,30,35)(H,31,36)/t19-,24+/m1/s1. The number of nitrogens with two attached hydrogens (primary N) is 2. The Kier molecular flexibility index (Phi) is 7.44. The van der Waals surface area contributed by atoms with E-state index >= 15 is 0 Å². The van der Waals surface area contributed by atoms with Crippen LogP contribution in [-0.4, -0.2) is 46.5 Å². The first-order valence-electron chi connectivity index (χ1n) is 12.4. The van der Waals surface area contributed by atoms with Crippen molar-refractivity contribution in [3.05, 3.63) is 82.9 Å². The number of primary amides is 1. The van der Waals surface area contributed by atoms with Crippen LogP contribution in [0.4, 0.5) is 11.4 Å². The van der Waals surface area contributed by atoms with E-state index in [-0.39, 0.29) is 34.7 Å². The van der Waals surface area contributed by atoms with Crippen molar-refractivity contribution in [2.75, 3.05) is 23.8 Å². The maximum absolute atomic E-state index is 14.3. The Morgan fingerprint density at radius 2 is 1.85 bits per heavy atom. The van der Waals surface area contributed by atoms with Gasteiger partial charge in [0.05, 0.1) is 17.5 Å². The Morgan fingerprint density at radius 3 is 2.54 bits per heavy atom. The van der Waals surface area contributed by atoms with Gasteiger partial charge < -0.3 is 26.6 Å². The first-order valence-corrected chi connectivity index (χ1v) is 13.2. The number of hydrogen-bond acceptors (Lipinski definition) is 8. The monoisotopic (exact) mass is 545 g/mol. The Balaban J connectivity index is 1.67. The lowest BCUT2D eigenvalue weighted by atomic mass is 10.00. The summed E-state index contributed by atoms with van der Waals surface area (Å²) in [7, 11) is 0. The van der Waals surface area contributed by atoms with Gasteiger partial charge in [-0.3, -0.25) is 19.3 Å². The zero-order valence-electron chi connectivity index (χ0n) is 20.9. The number of ether oxygens (including phenoxy) is 1. The molecule has 0 unspecified atom stereocenters. The van der Waals surface area contributed by atoms with E-state index in [9.17, 15) is 19.5 Å². The van der Waals surface area contributed by atoms with Gasteiger partial charge in [0, 0.05) is 18.5 Å². The van der Waals surface area contributed by atoms with Gasteiger partial charge >= 0.3 is 0 Å². The molecule has 200 valence electrons. The Bertz CT molecular complexity index is 1530. The number of fused-ring (bicyclic) bond motifs is 1. The zero-order chi connectivity index (χ0) is 27.5. The molecule has 6 N–H and O–H groups in total. The van der Waals surface area contributed by atoms with Crippen LogP contribution in [0.15, 0.2) is 66.7 Å². The summed E-state index contributed by atoms with van der Waals surface area (Å²) in [6.45, 7) is 0.912. The first kappa shape index (κ1) is 26.1. The molecular formula is C28H27N5O5S. The molecule has 1 aliphatic heterocycles. The molecule has 0 aliphatic carbocycles. The molecule has 0 saturated carbocycles. The number of carbonyl (C=O) groups excluding carboxylic acids is 3. The largest absolute Gasteiger partial charge is 0.508 e. The highest BCUT2D eigenvalue weighted by molar-refractivity contribution is 7.09. The molecule has 4 aromatic rings. The highest BCUT2D eigenvalue weighted by atomic mass is 32.1. The summed E-state index contributed by atoms with van der Waals surface area (Å²) in [5.41, 5.74) is 12.1. The van der Waals surface area contributed by atoms with E-state index in [4.69, 9.17) is 16.2 Å². The summed E-state index contributed by atoms with van der Waals surface area (Å²) >= 11 is 0.743. The molecule has 11 heteroatoms. The number of rotatable bonds is 8. The molecule has 0 radical (unpaired) electrons. The lowest BCUT2D eigenvalue weighted by Crippen LogP contribution is -2.45. The van der Waals surface area contributed by atoms with Crippen LogP contribution in [0.3, 0.4) is 0 Å². The number of hydrogen-bond donors (Lipinski definition) is 4. The average Bonchev–Trinajstić information content (AvgIpc) is 3.60. The lowest BCUT2D eigenvalue weighted by molar-refractivity contribution is -0.123. The van der Waals surface area contributed by atoms with E-state index < -0.39 is 23.8 Å². The van der Waals surface area contributed by atoms with Crippen LogP contribution >= 0.6 is 11.5 Å². The molecule has 1 aromatic heterocycles. The lowest BCUT2D eigenvalue weighted by Gasteiger charge is -2.32. The third-order valence-electron chi connectivity index (χ3n) is 6.64. The number of phenols is 1. The molecule has 3 aromatic carbocycles. The third kappa shape index (κ3) is 5.27. The fourth-order valence-electron chi connectivity index (χ4n) is 4.71. The minimum Gasteiger partial charge on any atom is -0.508 e. The number of carbonyl (C=O) groups is 3. The predicted molar refractivity (Wildman–Crippen MR) is 149 cm³/mol. The van der Waals surface area contributed by atoms with Crippen molar-refractivity contribution in [2.24, 2.45) is 5.73 Å². The van der Waals surface area contributed by atoms with E-state index in [1.54, 1.807) is 24.3 Å².